The van der Waals surface area contributed by atoms with Crippen LogP contribution in [0.3, 0.4) is 0 Å². The molecule has 0 bridgehead atoms. The molecule has 0 unspecified atom stereocenters. The molecule has 2 rings (SSSR count). The van der Waals surface area contributed by atoms with Gasteiger partial charge in [-0.3, -0.25) is 9.36 Å². The molecule has 5 nitrogen and oxygen atoms in total. The fraction of sp³-hybridized carbons (Fsp3) is 0.524. The van der Waals surface area contributed by atoms with Crippen molar-refractivity contribution >= 4 is 5.69 Å². The number of nitrogens with zero attached hydrogens (tertiary/aromatic N) is 3. The van der Waals surface area contributed by atoms with Crippen LogP contribution in [0.2, 0.25) is 0 Å². The molecule has 0 atom stereocenters. The van der Waals surface area contributed by atoms with Crippen LogP contribution in [0.15, 0.2) is 16.9 Å². The summed E-state index contributed by atoms with van der Waals surface area (Å²) in [5.74, 6) is 1.40. The number of methoxy groups -OCH3 is 1. The van der Waals surface area contributed by atoms with E-state index in [0.29, 0.717) is 11.5 Å². The van der Waals surface area contributed by atoms with Crippen LogP contribution in [0.25, 0.3) is 11.4 Å². The van der Waals surface area contributed by atoms with Crippen LogP contribution in [0.5, 0.6) is 5.75 Å². The number of ether oxygens (including phenoxy) is 1. The lowest BCUT2D eigenvalue weighted by Crippen LogP contribution is -2.35. The normalized spacial score (nSPS) is 10.9. The van der Waals surface area contributed by atoms with E-state index in [-0.39, 0.29) is 5.56 Å². The van der Waals surface area contributed by atoms with E-state index >= 15 is 0 Å². The Morgan fingerprint density at radius 1 is 1.12 bits per heavy atom. The van der Waals surface area contributed by atoms with Crippen LogP contribution in [-0.4, -0.2) is 29.8 Å². The van der Waals surface area contributed by atoms with Gasteiger partial charge in [0.05, 0.1) is 18.4 Å². The Morgan fingerprint density at radius 2 is 1.73 bits per heavy atom. The predicted molar refractivity (Wildman–Crippen MR) is 108 cm³/mol. The van der Waals surface area contributed by atoms with E-state index in [2.05, 4.69) is 24.8 Å². The summed E-state index contributed by atoms with van der Waals surface area (Å²) in [7, 11) is 3.45. The third-order valence-electron chi connectivity index (χ3n) is 4.63. The molecule has 0 aliphatic rings. The first-order valence-electron chi connectivity index (χ1n) is 9.33. The average molecular weight is 357 g/mol. The molecule has 1 aromatic carbocycles. The van der Waals surface area contributed by atoms with Gasteiger partial charge in [0, 0.05) is 20.1 Å². The molecule has 0 spiro atoms. The van der Waals surface area contributed by atoms with Crippen molar-refractivity contribution < 1.29 is 4.74 Å². The minimum absolute atomic E-state index is 0.00331. The second-order valence-corrected chi connectivity index (χ2v) is 6.88. The first kappa shape index (κ1) is 20.0. The average Bonchev–Trinajstić information content (AvgIpc) is 2.58. The summed E-state index contributed by atoms with van der Waals surface area (Å²) in [6.07, 6.45) is 1.99. The molecule has 142 valence electrons. The highest BCUT2D eigenvalue weighted by atomic mass is 16.5. The van der Waals surface area contributed by atoms with Crippen molar-refractivity contribution in [3.8, 4) is 17.1 Å². The predicted octanol–water partition coefficient (Wildman–Crippen LogP) is 4.01. The molecule has 0 N–H and O–H groups in total. The molecule has 0 amide bonds. The van der Waals surface area contributed by atoms with Gasteiger partial charge < -0.3 is 9.64 Å². The highest BCUT2D eigenvalue weighted by Crippen LogP contribution is 2.33. The van der Waals surface area contributed by atoms with Gasteiger partial charge in [-0.25, -0.2) is 4.98 Å². The number of benzene rings is 1. The van der Waals surface area contributed by atoms with Crippen molar-refractivity contribution in [2.45, 2.75) is 47.5 Å². The summed E-state index contributed by atoms with van der Waals surface area (Å²) >= 11 is 0. The first-order chi connectivity index (χ1) is 12.3. The fourth-order valence-electron chi connectivity index (χ4n) is 3.54. The highest BCUT2D eigenvalue weighted by molar-refractivity contribution is 5.70. The van der Waals surface area contributed by atoms with Gasteiger partial charge in [-0.1, -0.05) is 19.9 Å². The zero-order chi connectivity index (χ0) is 19.4. The van der Waals surface area contributed by atoms with Gasteiger partial charge in [0.15, 0.2) is 0 Å². The van der Waals surface area contributed by atoms with E-state index in [1.807, 2.05) is 26.8 Å². The molecule has 1 heterocycles. The van der Waals surface area contributed by atoms with Gasteiger partial charge in [-0.15, -0.1) is 0 Å². The van der Waals surface area contributed by atoms with E-state index in [1.165, 1.54) is 0 Å². The summed E-state index contributed by atoms with van der Waals surface area (Å²) in [6.45, 7) is 12.0. The maximum Gasteiger partial charge on any atom is 0.277 e. The van der Waals surface area contributed by atoms with Crippen molar-refractivity contribution in [2.24, 2.45) is 7.05 Å². The summed E-state index contributed by atoms with van der Waals surface area (Å²) in [5, 5.41) is 0. The summed E-state index contributed by atoms with van der Waals surface area (Å²) in [5.41, 5.74) is 4.53. The van der Waals surface area contributed by atoms with Crippen molar-refractivity contribution in [1.82, 2.24) is 9.55 Å². The van der Waals surface area contributed by atoms with E-state index in [9.17, 15) is 4.79 Å². The number of aryl methyl sites for hydroxylation is 3. The fourth-order valence-corrected chi connectivity index (χ4v) is 3.54. The zero-order valence-electron chi connectivity index (χ0n) is 17.1. The van der Waals surface area contributed by atoms with Crippen LogP contribution in [0.4, 0.5) is 5.69 Å². The largest absolute Gasteiger partial charge is 0.496 e. The standard InChI is InChI=1S/C21H31N3O2/c1-8-10-24(11-9-2)19-16(5)22-20(23(6)21(19)25)18-15(4)12-14(3)13-17(18)26-7/h12-13H,8-11H2,1-7H3. The van der Waals surface area contributed by atoms with Crippen LogP contribution < -0.4 is 15.2 Å². The lowest BCUT2D eigenvalue weighted by molar-refractivity contribution is 0.415. The van der Waals surface area contributed by atoms with Gasteiger partial charge >= 0.3 is 0 Å². The monoisotopic (exact) mass is 357 g/mol. The minimum Gasteiger partial charge on any atom is -0.496 e. The lowest BCUT2D eigenvalue weighted by Gasteiger charge is -2.26. The number of hydrogen-bond donors (Lipinski definition) is 0. The van der Waals surface area contributed by atoms with Crippen LogP contribution in [0, 0.1) is 20.8 Å². The summed E-state index contributed by atoms with van der Waals surface area (Å²) < 4.78 is 7.24. The summed E-state index contributed by atoms with van der Waals surface area (Å²) in [4.78, 5) is 20.2. The Balaban J connectivity index is 2.71. The van der Waals surface area contributed by atoms with E-state index in [1.54, 1.807) is 18.7 Å². The Kier molecular flexibility index (Phi) is 6.46. The molecule has 0 fully saturated rings. The van der Waals surface area contributed by atoms with Gasteiger partial charge in [-0.05, 0) is 50.8 Å². The molecular weight excluding hydrogens is 326 g/mol. The summed E-state index contributed by atoms with van der Waals surface area (Å²) in [6, 6.07) is 4.08. The van der Waals surface area contributed by atoms with Crippen molar-refractivity contribution in [3.05, 3.63) is 39.3 Å². The van der Waals surface area contributed by atoms with Gasteiger partial charge in [0.2, 0.25) is 0 Å². The maximum absolute atomic E-state index is 13.2. The van der Waals surface area contributed by atoms with Crippen LogP contribution in [0.1, 0.15) is 43.5 Å². The van der Waals surface area contributed by atoms with E-state index in [0.717, 1.165) is 54.1 Å². The Hall–Kier alpha value is -2.30. The van der Waals surface area contributed by atoms with Gasteiger partial charge in [0.1, 0.15) is 17.3 Å². The molecule has 26 heavy (non-hydrogen) atoms. The second-order valence-electron chi connectivity index (χ2n) is 6.88. The molecule has 0 saturated carbocycles. The lowest BCUT2D eigenvalue weighted by atomic mass is 10.0. The Bertz CT molecular complexity index is 834. The van der Waals surface area contributed by atoms with Crippen LogP contribution in [-0.2, 0) is 7.05 Å². The first-order valence-corrected chi connectivity index (χ1v) is 9.33. The SMILES string of the molecule is CCCN(CCC)c1c(C)nc(-c2c(C)cc(C)cc2OC)n(C)c1=O. The maximum atomic E-state index is 13.2. The van der Waals surface area contributed by atoms with Crippen molar-refractivity contribution in [3.63, 3.8) is 0 Å². The van der Waals surface area contributed by atoms with E-state index < -0.39 is 0 Å². The number of aromatic nitrogens is 2. The Labute approximate surface area is 156 Å². The molecule has 0 aliphatic heterocycles. The van der Waals surface area contributed by atoms with Crippen molar-refractivity contribution in [2.75, 3.05) is 25.1 Å². The highest BCUT2D eigenvalue weighted by Gasteiger charge is 2.21. The molecule has 0 radical (unpaired) electrons. The molecule has 5 heteroatoms. The van der Waals surface area contributed by atoms with Crippen LogP contribution >= 0.6 is 0 Å². The topological polar surface area (TPSA) is 47.4 Å². The third-order valence-corrected chi connectivity index (χ3v) is 4.63. The number of rotatable bonds is 7. The molecular formula is C21H31N3O2. The number of hydrogen-bond acceptors (Lipinski definition) is 4. The smallest absolute Gasteiger partial charge is 0.277 e. The number of anilines is 1. The molecule has 0 saturated heterocycles. The quantitative estimate of drug-likeness (QED) is 0.751. The molecule has 0 aliphatic carbocycles. The zero-order valence-corrected chi connectivity index (χ0v) is 17.1. The molecule has 1 aromatic heterocycles. The van der Waals surface area contributed by atoms with Gasteiger partial charge in [0.25, 0.3) is 5.56 Å². The van der Waals surface area contributed by atoms with E-state index in [4.69, 9.17) is 9.72 Å². The second kappa shape index (κ2) is 8.39. The minimum atomic E-state index is -0.00331. The molecule has 2 aromatic rings. The van der Waals surface area contributed by atoms with Gasteiger partial charge in [-0.2, -0.15) is 0 Å². The Morgan fingerprint density at radius 3 is 2.27 bits per heavy atom. The third kappa shape index (κ3) is 3.76. The van der Waals surface area contributed by atoms with Crippen molar-refractivity contribution in [1.29, 1.82) is 0 Å².